The van der Waals surface area contributed by atoms with E-state index in [-0.39, 0.29) is 11.8 Å². The molecule has 2 unspecified atom stereocenters. The van der Waals surface area contributed by atoms with Gasteiger partial charge in [0.25, 0.3) is 5.91 Å². The highest BCUT2D eigenvalue weighted by molar-refractivity contribution is 5.92. The summed E-state index contributed by atoms with van der Waals surface area (Å²) in [6.45, 7) is 3.08. The number of hydrogen-bond donors (Lipinski definition) is 2. The van der Waals surface area contributed by atoms with Crippen LogP contribution in [0.4, 0.5) is 5.82 Å². The van der Waals surface area contributed by atoms with Gasteiger partial charge in [0.2, 0.25) is 0 Å². The highest BCUT2D eigenvalue weighted by atomic mass is 16.3. The quantitative estimate of drug-likeness (QED) is 0.819. The number of rotatable bonds is 2. The van der Waals surface area contributed by atoms with Gasteiger partial charge < -0.3 is 15.3 Å². The Morgan fingerprint density at radius 2 is 2.33 bits per heavy atom. The van der Waals surface area contributed by atoms with Crippen LogP contribution >= 0.6 is 0 Å². The molecule has 0 aliphatic carbocycles. The molecular formula is C13H19N3O2. The Hall–Kier alpha value is -1.62. The van der Waals surface area contributed by atoms with E-state index < -0.39 is 6.10 Å². The molecule has 5 nitrogen and oxygen atoms in total. The number of amides is 1. The van der Waals surface area contributed by atoms with E-state index in [1.165, 1.54) is 0 Å². The zero-order valence-corrected chi connectivity index (χ0v) is 10.8. The molecule has 2 heterocycles. The van der Waals surface area contributed by atoms with E-state index in [9.17, 15) is 9.90 Å². The van der Waals surface area contributed by atoms with Crippen LogP contribution in [0.5, 0.6) is 0 Å². The summed E-state index contributed by atoms with van der Waals surface area (Å²) in [5.74, 6) is 0.815. The van der Waals surface area contributed by atoms with Gasteiger partial charge in [-0.15, -0.1) is 0 Å². The van der Waals surface area contributed by atoms with Crippen molar-refractivity contribution >= 4 is 11.7 Å². The summed E-state index contributed by atoms with van der Waals surface area (Å²) >= 11 is 0. The van der Waals surface area contributed by atoms with Gasteiger partial charge >= 0.3 is 0 Å². The Morgan fingerprint density at radius 3 is 3.00 bits per heavy atom. The molecule has 1 fully saturated rings. The second kappa shape index (κ2) is 5.35. The number of carbonyl (C=O) groups excluding carboxylic acids is 1. The molecule has 0 spiro atoms. The lowest BCUT2D eigenvalue weighted by atomic mass is 9.96. The van der Waals surface area contributed by atoms with Crippen molar-refractivity contribution in [3.8, 4) is 0 Å². The maximum atomic E-state index is 12.2. The SMILES string of the molecule is CNc1cccc(C(=O)N2CCC(C)C(O)C2)n1. The van der Waals surface area contributed by atoms with Gasteiger partial charge in [0.05, 0.1) is 6.10 Å². The van der Waals surface area contributed by atoms with E-state index in [0.29, 0.717) is 24.6 Å². The van der Waals surface area contributed by atoms with Gasteiger partial charge in [-0.3, -0.25) is 4.79 Å². The minimum Gasteiger partial charge on any atom is -0.391 e. The molecule has 1 amide bonds. The number of pyridine rings is 1. The monoisotopic (exact) mass is 249 g/mol. The van der Waals surface area contributed by atoms with Crippen molar-refractivity contribution in [2.75, 3.05) is 25.5 Å². The van der Waals surface area contributed by atoms with Crippen LogP contribution < -0.4 is 5.32 Å². The summed E-state index contributed by atoms with van der Waals surface area (Å²) < 4.78 is 0. The maximum Gasteiger partial charge on any atom is 0.272 e. The predicted octanol–water partition coefficient (Wildman–Crippen LogP) is 0.966. The number of piperidine rings is 1. The van der Waals surface area contributed by atoms with Crippen LogP contribution in [0.3, 0.4) is 0 Å². The topological polar surface area (TPSA) is 65.5 Å². The third kappa shape index (κ3) is 2.61. The average Bonchev–Trinajstić information content (AvgIpc) is 2.41. The van der Waals surface area contributed by atoms with Crippen LogP contribution in [0, 0.1) is 5.92 Å². The smallest absolute Gasteiger partial charge is 0.272 e. The highest BCUT2D eigenvalue weighted by Crippen LogP contribution is 2.18. The van der Waals surface area contributed by atoms with Crippen molar-refractivity contribution in [1.82, 2.24) is 9.88 Å². The lowest BCUT2D eigenvalue weighted by Gasteiger charge is -2.34. The van der Waals surface area contributed by atoms with Crippen LogP contribution in [0.1, 0.15) is 23.8 Å². The number of aliphatic hydroxyl groups is 1. The van der Waals surface area contributed by atoms with Crippen molar-refractivity contribution in [1.29, 1.82) is 0 Å². The Kier molecular flexibility index (Phi) is 3.81. The molecule has 1 aromatic rings. The van der Waals surface area contributed by atoms with Crippen molar-refractivity contribution in [3.63, 3.8) is 0 Å². The molecule has 2 atom stereocenters. The normalized spacial score (nSPS) is 23.8. The van der Waals surface area contributed by atoms with Gasteiger partial charge in [0.15, 0.2) is 0 Å². The zero-order valence-electron chi connectivity index (χ0n) is 10.8. The molecule has 0 bridgehead atoms. The first-order valence-corrected chi connectivity index (χ1v) is 6.24. The molecule has 0 aromatic carbocycles. The fourth-order valence-corrected chi connectivity index (χ4v) is 2.09. The molecule has 98 valence electrons. The third-order valence-electron chi connectivity index (χ3n) is 3.43. The summed E-state index contributed by atoms with van der Waals surface area (Å²) in [6, 6.07) is 5.31. The number of nitrogens with zero attached hydrogens (tertiary/aromatic N) is 2. The second-order valence-electron chi connectivity index (χ2n) is 4.74. The first-order chi connectivity index (χ1) is 8.61. The molecule has 5 heteroatoms. The van der Waals surface area contributed by atoms with E-state index in [4.69, 9.17) is 0 Å². The van der Waals surface area contributed by atoms with Gasteiger partial charge in [0.1, 0.15) is 11.5 Å². The fourth-order valence-electron chi connectivity index (χ4n) is 2.09. The van der Waals surface area contributed by atoms with Crippen LogP contribution in [-0.4, -0.2) is 47.1 Å². The number of aromatic nitrogens is 1. The Labute approximate surface area is 107 Å². The molecule has 2 N–H and O–H groups in total. The minimum atomic E-state index is -0.435. The molecule has 0 radical (unpaired) electrons. The molecule has 1 aromatic heterocycles. The maximum absolute atomic E-state index is 12.2. The Morgan fingerprint density at radius 1 is 1.56 bits per heavy atom. The van der Waals surface area contributed by atoms with Gasteiger partial charge in [-0.2, -0.15) is 0 Å². The molecule has 1 aliphatic heterocycles. The average molecular weight is 249 g/mol. The lowest BCUT2D eigenvalue weighted by Crippen LogP contribution is -2.46. The van der Waals surface area contributed by atoms with Crippen LogP contribution in [-0.2, 0) is 0 Å². The summed E-state index contributed by atoms with van der Waals surface area (Å²) in [5.41, 5.74) is 0.420. The zero-order chi connectivity index (χ0) is 13.1. The first-order valence-electron chi connectivity index (χ1n) is 6.24. The molecular weight excluding hydrogens is 230 g/mol. The van der Waals surface area contributed by atoms with Crippen LogP contribution in [0.2, 0.25) is 0 Å². The summed E-state index contributed by atoms with van der Waals surface area (Å²) in [5, 5.41) is 12.7. The standard InChI is InChI=1S/C13H19N3O2/c1-9-6-7-16(8-11(9)17)13(18)10-4-3-5-12(14-2)15-10/h3-5,9,11,17H,6-8H2,1-2H3,(H,14,15). The number of anilines is 1. The Bertz CT molecular complexity index is 436. The lowest BCUT2D eigenvalue weighted by molar-refractivity contribution is 0.0245. The van der Waals surface area contributed by atoms with E-state index in [0.717, 1.165) is 6.42 Å². The molecule has 1 aliphatic rings. The highest BCUT2D eigenvalue weighted by Gasteiger charge is 2.28. The summed E-state index contributed by atoms with van der Waals surface area (Å²) in [7, 11) is 1.77. The summed E-state index contributed by atoms with van der Waals surface area (Å²) in [6.07, 6.45) is 0.397. The number of carbonyl (C=O) groups is 1. The number of nitrogens with one attached hydrogen (secondary N) is 1. The Balaban J connectivity index is 2.11. The summed E-state index contributed by atoms with van der Waals surface area (Å²) in [4.78, 5) is 18.1. The number of β-amino-alcohol motifs (C(OH)–C–C–N with tert-alkyl or cyclic N) is 1. The van der Waals surface area contributed by atoms with Gasteiger partial charge in [-0.25, -0.2) is 4.98 Å². The van der Waals surface area contributed by atoms with Gasteiger partial charge in [0, 0.05) is 20.1 Å². The molecule has 18 heavy (non-hydrogen) atoms. The largest absolute Gasteiger partial charge is 0.391 e. The number of likely N-dealkylation sites (tertiary alicyclic amines) is 1. The van der Waals surface area contributed by atoms with E-state index in [2.05, 4.69) is 10.3 Å². The van der Waals surface area contributed by atoms with Crippen LogP contribution in [0.25, 0.3) is 0 Å². The van der Waals surface area contributed by atoms with E-state index in [1.54, 1.807) is 24.1 Å². The second-order valence-corrected chi connectivity index (χ2v) is 4.74. The van der Waals surface area contributed by atoms with Crippen molar-refractivity contribution < 1.29 is 9.90 Å². The molecule has 2 rings (SSSR count). The van der Waals surface area contributed by atoms with Crippen LogP contribution in [0.15, 0.2) is 18.2 Å². The van der Waals surface area contributed by atoms with E-state index >= 15 is 0 Å². The third-order valence-corrected chi connectivity index (χ3v) is 3.43. The number of aliphatic hydroxyl groups excluding tert-OH is 1. The van der Waals surface area contributed by atoms with Crippen molar-refractivity contribution in [2.24, 2.45) is 5.92 Å². The van der Waals surface area contributed by atoms with Gasteiger partial charge in [-0.1, -0.05) is 13.0 Å². The molecule has 1 saturated heterocycles. The van der Waals surface area contributed by atoms with Crippen molar-refractivity contribution in [2.45, 2.75) is 19.4 Å². The fraction of sp³-hybridized carbons (Fsp3) is 0.538. The van der Waals surface area contributed by atoms with Crippen molar-refractivity contribution in [3.05, 3.63) is 23.9 Å². The minimum absolute atomic E-state index is 0.113. The van der Waals surface area contributed by atoms with E-state index in [1.807, 2.05) is 13.0 Å². The predicted molar refractivity (Wildman–Crippen MR) is 69.5 cm³/mol. The first kappa shape index (κ1) is 12.8. The molecule has 0 saturated carbocycles. The number of hydrogen-bond acceptors (Lipinski definition) is 4. The van der Waals surface area contributed by atoms with Gasteiger partial charge in [-0.05, 0) is 24.5 Å².